The zero-order valence-corrected chi connectivity index (χ0v) is 18.2. The van der Waals surface area contributed by atoms with Crippen molar-refractivity contribution in [1.29, 1.82) is 0 Å². The molecule has 0 fully saturated rings. The van der Waals surface area contributed by atoms with Crippen LogP contribution < -0.4 is 0 Å². The van der Waals surface area contributed by atoms with Gasteiger partial charge in [-0.15, -0.1) is 0 Å². The molecule has 0 saturated carbocycles. The minimum atomic E-state index is -0.126. The lowest BCUT2D eigenvalue weighted by atomic mass is 10.0. The molecule has 0 aliphatic carbocycles. The van der Waals surface area contributed by atoms with Crippen LogP contribution in [0, 0.1) is 0 Å². The van der Waals surface area contributed by atoms with Crippen LogP contribution in [0.4, 0.5) is 0 Å². The first kappa shape index (κ1) is 21.1. The van der Waals surface area contributed by atoms with Crippen LogP contribution in [-0.2, 0) is 0 Å². The molecule has 5 heteroatoms. The molecule has 0 unspecified atom stereocenters. The molecule has 0 saturated heterocycles. The molecule has 0 radical (unpaired) electrons. The zero-order valence-electron chi connectivity index (χ0n) is 18.2. The summed E-state index contributed by atoms with van der Waals surface area (Å²) in [5.74, 6) is -0.126. The van der Waals surface area contributed by atoms with Crippen molar-refractivity contribution < 1.29 is 4.79 Å². The van der Waals surface area contributed by atoms with E-state index in [4.69, 9.17) is 4.98 Å². The van der Waals surface area contributed by atoms with Crippen LogP contribution in [0.3, 0.4) is 0 Å². The van der Waals surface area contributed by atoms with Crippen molar-refractivity contribution in [2.24, 2.45) is 0 Å². The molecule has 0 amide bonds. The number of pyridine rings is 4. The fourth-order valence-electron chi connectivity index (χ4n) is 3.54. The first-order valence-electron chi connectivity index (χ1n) is 10.8. The second kappa shape index (κ2) is 9.79. The third kappa shape index (κ3) is 4.84. The topological polar surface area (TPSA) is 68.6 Å². The summed E-state index contributed by atoms with van der Waals surface area (Å²) < 4.78 is 0. The first-order chi connectivity index (χ1) is 16.8. The van der Waals surface area contributed by atoms with E-state index in [2.05, 4.69) is 15.0 Å². The smallest absolute Gasteiger partial charge is 0.204 e. The van der Waals surface area contributed by atoms with Crippen LogP contribution >= 0.6 is 0 Å². The molecular weight excluding hydrogens is 420 g/mol. The zero-order chi connectivity index (χ0) is 23.2. The summed E-state index contributed by atoms with van der Waals surface area (Å²) >= 11 is 0. The predicted octanol–water partition coefficient (Wildman–Crippen LogP) is 6.16. The van der Waals surface area contributed by atoms with Crippen LogP contribution in [0.1, 0.15) is 16.1 Å². The van der Waals surface area contributed by atoms with Crippen LogP contribution in [0.2, 0.25) is 0 Å². The minimum Gasteiger partial charge on any atom is -0.288 e. The van der Waals surface area contributed by atoms with Gasteiger partial charge in [0.2, 0.25) is 5.78 Å². The number of ketones is 1. The van der Waals surface area contributed by atoms with E-state index in [0.29, 0.717) is 5.69 Å². The average Bonchev–Trinajstić information content (AvgIpc) is 2.93. The largest absolute Gasteiger partial charge is 0.288 e. The van der Waals surface area contributed by atoms with Crippen molar-refractivity contribution in [3.63, 3.8) is 0 Å². The standard InChI is InChI=1S/C29H20N4O/c34-29(26-9-3-6-18-32-26)15-12-21-10-13-22(14-11-21)23-19-27(24-7-1-4-16-30-24)33-28(20-23)25-8-2-5-17-31-25/h1-20H/b15-12+. The van der Waals surface area contributed by atoms with E-state index in [0.717, 1.165) is 39.5 Å². The van der Waals surface area contributed by atoms with Gasteiger partial charge in [-0.05, 0) is 71.3 Å². The Morgan fingerprint density at radius 3 is 1.71 bits per heavy atom. The summed E-state index contributed by atoms with van der Waals surface area (Å²) in [7, 11) is 0. The summed E-state index contributed by atoms with van der Waals surface area (Å²) in [6, 6.07) is 29.0. The lowest BCUT2D eigenvalue weighted by Crippen LogP contribution is -1.96. The van der Waals surface area contributed by atoms with Crippen molar-refractivity contribution in [3.05, 3.63) is 127 Å². The molecule has 4 aromatic heterocycles. The third-order valence-corrected chi connectivity index (χ3v) is 5.27. The molecule has 1 aromatic carbocycles. The Morgan fingerprint density at radius 1 is 0.588 bits per heavy atom. The Kier molecular flexibility index (Phi) is 6.08. The van der Waals surface area contributed by atoms with E-state index >= 15 is 0 Å². The van der Waals surface area contributed by atoms with E-state index in [-0.39, 0.29) is 5.78 Å². The van der Waals surface area contributed by atoms with Gasteiger partial charge >= 0.3 is 0 Å². The lowest BCUT2D eigenvalue weighted by molar-refractivity contribution is 0.104. The molecule has 0 aliphatic heterocycles. The number of allylic oxidation sites excluding steroid dienone is 1. The number of hydrogen-bond acceptors (Lipinski definition) is 5. The Bertz CT molecular complexity index is 1380. The number of benzene rings is 1. The summed E-state index contributed by atoms with van der Waals surface area (Å²) in [5.41, 5.74) is 6.56. The highest BCUT2D eigenvalue weighted by atomic mass is 16.1. The highest BCUT2D eigenvalue weighted by Crippen LogP contribution is 2.29. The Labute approximate surface area is 197 Å². The number of carbonyl (C=O) groups is 1. The molecular formula is C29H20N4O. The SMILES string of the molecule is O=C(/C=C/c1ccc(-c2cc(-c3ccccn3)nc(-c3ccccn3)c2)cc1)c1ccccn1. The molecule has 0 atom stereocenters. The molecule has 0 bridgehead atoms. The van der Waals surface area contributed by atoms with Crippen LogP contribution in [0.15, 0.2) is 116 Å². The van der Waals surface area contributed by atoms with Gasteiger partial charge in [0.1, 0.15) is 5.69 Å². The molecule has 5 aromatic rings. The highest BCUT2D eigenvalue weighted by molar-refractivity contribution is 6.05. The highest BCUT2D eigenvalue weighted by Gasteiger charge is 2.10. The van der Waals surface area contributed by atoms with E-state index in [1.54, 1.807) is 48.9 Å². The van der Waals surface area contributed by atoms with Gasteiger partial charge < -0.3 is 0 Å². The van der Waals surface area contributed by atoms with Gasteiger partial charge in [-0.3, -0.25) is 19.7 Å². The lowest BCUT2D eigenvalue weighted by Gasteiger charge is -2.09. The van der Waals surface area contributed by atoms with Crippen LogP contribution in [-0.4, -0.2) is 25.7 Å². The number of carbonyl (C=O) groups excluding carboxylic acids is 1. The number of nitrogens with zero attached hydrogens (tertiary/aromatic N) is 4. The summed E-state index contributed by atoms with van der Waals surface area (Å²) in [5, 5.41) is 0. The van der Waals surface area contributed by atoms with Crippen molar-refractivity contribution in [2.45, 2.75) is 0 Å². The van der Waals surface area contributed by atoms with Gasteiger partial charge in [-0.2, -0.15) is 0 Å². The molecule has 5 nitrogen and oxygen atoms in total. The number of hydrogen-bond donors (Lipinski definition) is 0. The quantitative estimate of drug-likeness (QED) is 0.233. The fourth-order valence-corrected chi connectivity index (χ4v) is 3.54. The van der Waals surface area contributed by atoms with Gasteiger partial charge in [0.05, 0.1) is 22.8 Å². The monoisotopic (exact) mass is 440 g/mol. The van der Waals surface area contributed by atoms with E-state index < -0.39 is 0 Å². The van der Waals surface area contributed by atoms with Crippen molar-refractivity contribution in [1.82, 2.24) is 19.9 Å². The Hall–Kier alpha value is -4.77. The van der Waals surface area contributed by atoms with Gasteiger partial charge in [0, 0.05) is 18.6 Å². The van der Waals surface area contributed by atoms with Gasteiger partial charge in [-0.25, -0.2) is 4.98 Å². The number of aromatic nitrogens is 4. The maximum absolute atomic E-state index is 12.3. The van der Waals surface area contributed by atoms with E-state index in [9.17, 15) is 4.79 Å². The minimum absolute atomic E-state index is 0.126. The van der Waals surface area contributed by atoms with Gasteiger partial charge in [0.25, 0.3) is 0 Å². The van der Waals surface area contributed by atoms with Crippen LogP contribution in [0.5, 0.6) is 0 Å². The Balaban J connectivity index is 1.47. The number of rotatable bonds is 6. The van der Waals surface area contributed by atoms with Crippen molar-refractivity contribution in [2.75, 3.05) is 0 Å². The Morgan fingerprint density at radius 2 is 1.18 bits per heavy atom. The normalized spacial score (nSPS) is 10.9. The van der Waals surface area contributed by atoms with E-state index in [1.807, 2.05) is 72.8 Å². The molecule has 5 rings (SSSR count). The maximum atomic E-state index is 12.3. The molecule has 0 N–H and O–H groups in total. The summed E-state index contributed by atoms with van der Waals surface area (Å²) in [6.07, 6.45) is 8.48. The van der Waals surface area contributed by atoms with Crippen LogP contribution in [0.25, 0.3) is 40.0 Å². The molecule has 0 spiro atoms. The average molecular weight is 441 g/mol. The molecule has 162 valence electrons. The molecule has 0 aliphatic rings. The molecule has 34 heavy (non-hydrogen) atoms. The second-order valence-corrected chi connectivity index (χ2v) is 7.59. The maximum Gasteiger partial charge on any atom is 0.204 e. The van der Waals surface area contributed by atoms with Crippen molar-refractivity contribution in [3.8, 4) is 33.9 Å². The predicted molar refractivity (Wildman–Crippen MR) is 134 cm³/mol. The van der Waals surface area contributed by atoms with Gasteiger partial charge in [-0.1, -0.05) is 48.5 Å². The second-order valence-electron chi connectivity index (χ2n) is 7.59. The fraction of sp³-hybridized carbons (Fsp3) is 0. The summed E-state index contributed by atoms with van der Waals surface area (Å²) in [4.78, 5) is 30.1. The third-order valence-electron chi connectivity index (χ3n) is 5.27. The van der Waals surface area contributed by atoms with Gasteiger partial charge in [0.15, 0.2) is 0 Å². The van der Waals surface area contributed by atoms with E-state index in [1.165, 1.54) is 0 Å². The first-order valence-corrected chi connectivity index (χ1v) is 10.8. The van der Waals surface area contributed by atoms with Crippen molar-refractivity contribution >= 4 is 11.9 Å². The molecule has 4 heterocycles. The summed E-state index contributed by atoms with van der Waals surface area (Å²) in [6.45, 7) is 0.